The molecule has 150 valence electrons. The number of hydrogen-bond acceptors (Lipinski definition) is 4. The number of aryl methyl sites for hydroxylation is 1. The van der Waals surface area contributed by atoms with Crippen LogP contribution in [-0.2, 0) is 16.1 Å². The van der Waals surface area contributed by atoms with Crippen molar-refractivity contribution in [3.05, 3.63) is 29.3 Å². The highest BCUT2D eigenvalue weighted by atomic mass is 35.5. The Bertz CT molecular complexity index is 634. The van der Waals surface area contributed by atoms with Gasteiger partial charge in [0.25, 0.3) is 0 Å². The van der Waals surface area contributed by atoms with Crippen LogP contribution in [0.1, 0.15) is 49.7 Å². The number of hydrogen-bond donors (Lipinski definition) is 2. The molecule has 1 aromatic carbocycles. The van der Waals surface area contributed by atoms with Crippen molar-refractivity contribution in [2.24, 2.45) is 5.92 Å². The van der Waals surface area contributed by atoms with E-state index in [9.17, 15) is 4.79 Å². The number of fused-ring (bicyclic) bond motifs is 1. The van der Waals surface area contributed by atoms with E-state index >= 15 is 0 Å². The first-order valence-corrected chi connectivity index (χ1v) is 10.1. The molecule has 6 heteroatoms. The molecule has 2 saturated heterocycles. The molecular formula is C21H31ClN2O3. The Balaban J connectivity index is 0.00000210. The van der Waals surface area contributed by atoms with Gasteiger partial charge < -0.3 is 20.1 Å². The van der Waals surface area contributed by atoms with Gasteiger partial charge in [-0.05, 0) is 43.7 Å². The lowest BCUT2D eigenvalue weighted by Gasteiger charge is -2.24. The monoisotopic (exact) mass is 394 g/mol. The van der Waals surface area contributed by atoms with E-state index in [2.05, 4.69) is 35.8 Å². The molecule has 0 aromatic heterocycles. The van der Waals surface area contributed by atoms with Gasteiger partial charge in [0.05, 0.1) is 19.3 Å². The molecule has 4 atom stereocenters. The third-order valence-electron chi connectivity index (χ3n) is 6.04. The Hall–Kier alpha value is -1.30. The van der Waals surface area contributed by atoms with Gasteiger partial charge >= 0.3 is 0 Å². The minimum atomic E-state index is -0.0406. The van der Waals surface area contributed by atoms with Gasteiger partial charge in [0, 0.05) is 24.6 Å². The molecule has 4 unspecified atom stereocenters. The van der Waals surface area contributed by atoms with Crippen molar-refractivity contribution < 1.29 is 14.3 Å². The largest absolute Gasteiger partial charge is 0.488 e. The van der Waals surface area contributed by atoms with Crippen molar-refractivity contribution in [2.75, 3.05) is 13.2 Å². The average Bonchev–Trinajstić information content (AvgIpc) is 3.30. The van der Waals surface area contributed by atoms with Gasteiger partial charge in [-0.15, -0.1) is 12.4 Å². The van der Waals surface area contributed by atoms with Crippen LogP contribution in [0.2, 0.25) is 0 Å². The Morgan fingerprint density at radius 1 is 1.30 bits per heavy atom. The van der Waals surface area contributed by atoms with Gasteiger partial charge in [0.1, 0.15) is 11.9 Å². The predicted molar refractivity (Wildman–Crippen MR) is 107 cm³/mol. The summed E-state index contributed by atoms with van der Waals surface area (Å²) in [4.78, 5) is 12.7. The number of rotatable bonds is 5. The molecule has 5 nitrogen and oxygen atoms in total. The van der Waals surface area contributed by atoms with E-state index in [0.717, 1.165) is 36.3 Å². The summed E-state index contributed by atoms with van der Waals surface area (Å²) in [5, 5.41) is 6.67. The molecule has 3 fully saturated rings. The number of benzene rings is 1. The van der Waals surface area contributed by atoms with E-state index in [1.54, 1.807) is 0 Å². The van der Waals surface area contributed by atoms with Crippen LogP contribution < -0.4 is 15.4 Å². The summed E-state index contributed by atoms with van der Waals surface area (Å²) < 4.78 is 11.5. The average molecular weight is 395 g/mol. The molecule has 2 aliphatic heterocycles. The SMILES string of the molecule is Cc1ccc(CNC(=O)C2CC3CCCCC3N2)c(OC2CCOC2)c1.Cl. The number of ether oxygens (including phenoxy) is 2. The lowest BCUT2D eigenvalue weighted by molar-refractivity contribution is -0.123. The van der Waals surface area contributed by atoms with Crippen molar-refractivity contribution >= 4 is 18.3 Å². The van der Waals surface area contributed by atoms with Crippen molar-refractivity contribution in [3.8, 4) is 5.75 Å². The van der Waals surface area contributed by atoms with Crippen LogP contribution in [-0.4, -0.2) is 37.3 Å². The first-order chi connectivity index (χ1) is 12.7. The zero-order valence-electron chi connectivity index (χ0n) is 16.0. The van der Waals surface area contributed by atoms with E-state index in [4.69, 9.17) is 9.47 Å². The molecule has 0 bridgehead atoms. The van der Waals surface area contributed by atoms with Crippen LogP contribution in [0.15, 0.2) is 18.2 Å². The predicted octanol–water partition coefficient (Wildman–Crippen LogP) is 3.12. The highest BCUT2D eigenvalue weighted by molar-refractivity contribution is 5.85. The molecule has 2 heterocycles. The molecule has 1 saturated carbocycles. The van der Waals surface area contributed by atoms with Crippen LogP contribution in [0.5, 0.6) is 5.75 Å². The number of nitrogens with one attached hydrogen (secondary N) is 2. The van der Waals surface area contributed by atoms with E-state index in [0.29, 0.717) is 25.1 Å². The maximum Gasteiger partial charge on any atom is 0.237 e. The standard InChI is InChI=1S/C21H30N2O3.ClH/c1-14-6-7-16(20(10-14)26-17-8-9-25-13-17)12-22-21(24)19-11-15-4-2-3-5-18(15)23-19;/h6-7,10,15,17-19,23H,2-5,8-9,11-13H2,1H3,(H,22,24);1H. The molecule has 1 aliphatic carbocycles. The lowest BCUT2D eigenvalue weighted by Crippen LogP contribution is -2.42. The summed E-state index contributed by atoms with van der Waals surface area (Å²) in [6.07, 6.45) is 7.10. The van der Waals surface area contributed by atoms with Crippen LogP contribution >= 0.6 is 12.4 Å². The van der Waals surface area contributed by atoms with Crippen molar-refractivity contribution in [1.29, 1.82) is 0 Å². The highest BCUT2D eigenvalue weighted by Gasteiger charge is 2.38. The van der Waals surface area contributed by atoms with Gasteiger partial charge in [-0.3, -0.25) is 4.79 Å². The Morgan fingerprint density at radius 3 is 2.93 bits per heavy atom. The Labute approximate surface area is 168 Å². The van der Waals surface area contributed by atoms with Crippen LogP contribution in [0, 0.1) is 12.8 Å². The van der Waals surface area contributed by atoms with Gasteiger partial charge in [-0.1, -0.05) is 25.0 Å². The second-order valence-electron chi connectivity index (χ2n) is 8.04. The summed E-state index contributed by atoms with van der Waals surface area (Å²) >= 11 is 0. The van der Waals surface area contributed by atoms with Crippen molar-refractivity contribution in [3.63, 3.8) is 0 Å². The molecule has 3 aliphatic rings. The van der Waals surface area contributed by atoms with Crippen LogP contribution in [0.4, 0.5) is 0 Å². The number of carbonyl (C=O) groups is 1. The smallest absolute Gasteiger partial charge is 0.237 e. The fourth-order valence-electron chi connectivity index (χ4n) is 4.53. The summed E-state index contributed by atoms with van der Waals surface area (Å²) in [6, 6.07) is 6.69. The van der Waals surface area contributed by atoms with Gasteiger partial charge in [0.15, 0.2) is 0 Å². The van der Waals surface area contributed by atoms with Gasteiger partial charge in [-0.2, -0.15) is 0 Å². The summed E-state index contributed by atoms with van der Waals surface area (Å²) in [5.74, 6) is 1.67. The lowest BCUT2D eigenvalue weighted by atomic mass is 9.85. The van der Waals surface area contributed by atoms with Gasteiger partial charge in [-0.25, -0.2) is 0 Å². The Morgan fingerprint density at radius 2 is 2.15 bits per heavy atom. The molecular weight excluding hydrogens is 364 g/mol. The Kier molecular flexibility index (Phi) is 7.01. The summed E-state index contributed by atoms with van der Waals surface area (Å²) in [6.45, 7) is 3.98. The third kappa shape index (κ3) is 4.95. The molecule has 27 heavy (non-hydrogen) atoms. The molecule has 4 rings (SSSR count). The zero-order chi connectivity index (χ0) is 17.9. The van der Waals surface area contributed by atoms with Gasteiger partial charge in [0.2, 0.25) is 5.91 Å². The van der Waals surface area contributed by atoms with Crippen LogP contribution in [0.25, 0.3) is 0 Å². The first kappa shape index (κ1) is 20.4. The molecule has 0 spiro atoms. The fraction of sp³-hybridized carbons (Fsp3) is 0.667. The van der Waals surface area contributed by atoms with Crippen molar-refractivity contribution in [1.82, 2.24) is 10.6 Å². The molecule has 1 amide bonds. The maximum absolute atomic E-state index is 12.7. The number of carbonyl (C=O) groups excluding carboxylic acids is 1. The summed E-state index contributed by atoms with van der Waals surface area (Å²) in [5.41, 5.74) is 2.20. The number of amides is 1. The third-order valence-corrected chi connectivity index (χ3v) is 6.04. The second kappa shape index (κ2) is 9.26. The number of halogens is 1. The van der Waals surface area contributed by atoms with E-state index < -0.39 is 0 Å². The van der Waals surface area contributed by atoms with E-state index in [1.807, 2.05) is 0 Å². The quantitative estimate of drug-likeness (QED) is 0.805. The molecule has 2 N–H and O–H groups in total. The fourth-order valence-corrected chi connectivity index (χ4v) is 4.53. The topological polar surface area (TPSA) is 59.6 Å². The van der Waals surface area contributed by atoms with E-state index in [-0.39, 0.29) is 30.5 Å². The second-order valence-corrected chi connectivity index (χ2v) is 8.04. The molecule has 1 aromatic rings. The molecule has 0 radical (unpaired) electrons. The van der Waals surface area contributed by atoms with Crippen LogP contribution in [0.3, 0.4) is 0 Å². The minimum absolute atomic E-state index is 0. The van der Waals surface area contributed by atoms with Crippen molar-refractivity contribution in [2.45, 2.75) is 70.2 Å². The first-order valence-electron chi connectivity index (χ1n) is 10.1. The van der Waals surface area contributed by atoms with E-state index in [1.165, 1.54) is 25.7 Å². The maximum atomic E-state index is 12.7. The zero-order valence-corrected chi connectivity index (χ0v) is 16.9. The summed E-state index contributed by atoms with van der Waals surface area (Å²) in [7, 11) is 0. The minimum Gasteiger partial charge on any atom is -0.488 e. The highest BCUT2D eigenvalue weighted by Crippen LogP contribution is 2.33. The normalized spacial score (nSPS) is 29.7.